The number of phenolic OH excluding ortho intramolecular Hbond substituents is 1. The van der Waals surface area contributed by atoms with Gasteiger partial charge in [0.05, 0.1) is 0 Å². The summed E-state index contributed by atoms with van der Waals surface area (Å²) in [7, 11) is 0. The third-order valence-electron chi connectivity index (χ3n) is 5.84. The summed E-state index contributed by atoms with van der Waals surface area (Å²) in [6.07, 6.45) is 1.14. The SMILES string of the molecule is CC(C)(C)OC(=O)N[C@@H](CC(=O)N1CCC[C@H]1C(=O)NCc1cc(Cl)ccc1O)Cc1ccccc1. The Morgan fingerprint density at radius 1 is 1.17 bits per heavy atom. The zero-order valence-electron chi connectivity index (χ0n) is 20.9. The molecule has 3 N–H and O–H groups in total. The van der Waals surface area contributed by atoms with Gasteiger partial charge in [-0.05, 0) is 63.8 Å². The van der Waals surface area contributed by atoms with E-state index in [0.29, 0.717) is 36.4 Å². The Balaban J connectivity index is 1.65. The van der Waals surface area contributed by atoms with Gasteiger partial charge in [0, 0.05) is 36.1 Å². The van der Waals surface area contributed by atoms with E-state index < -0.39 is 23.8 Å². The summed E-state index contributed by atoms with van der Waals surface area (Å²) in [5.74, 6) is -0.466. The number of alkyl carbamates (subject to hydrolysis) is 1. The van der Waals surface area contributed by atoms with Crippen molar-refractivity contribution in [3.8, 4) is 5.75 Å². The van der Waals surface area contributed by atoms with Gasteiger partial charge in [-0.2, -0.15) is 0 Å². The van der Waals surface area contributed by atoms with Gasteiger partial charge >= 0.3 is 6.09 Å². The number of ether oxygens (including phenoxy) is 1. The highest BCUT2D eigenvalue weighted by atomic mass is 35.5. The number of halogens is 1. The molecule has 36 heavy (non-hydrogen) atoms. The standard InChI is InChI=1S/C27H34ClN3O5/c1-27(2,3)36-26(35)30-21(14-18-8-5-4-6-9-18)16-24(33)31-13-7-10-22(31)25(34)29-17-19-15-20(28)11-12-23(19)32/h4-6,8-9,11-12,15,21-22,32H,7,10,13-14,16-17H2,1-3H3,(H,29,34)(H,30,35)/t21-,22+/m1/s1. The Morgan fingerprint density at radius 2 is 1.89 bits per heavy atom. The lowest BCUT2D eigenvalue weighted by molar-refractivity contribution is -0.138. The number of nitrogens with zero attached hydrogens (tertiary/aromatic N) is 1. The third kappa shape index (κ3) is 8.16. The van der Waals surface area contributed by atoms with E-state index in [2.05, 4.69) is 10.6 Å². The van der Waals surface area contributed by atoms with Crippen molar-refractivity contribution in [1.82, 2.24) is 15.5 Å². The molecule has 1 aliphatic heterocycles. The highest BCUT2D eigenvalue weighted by Crippen LogP contribution is 2.23. The van der Waals surface area contributed by atoms with E-state index in [-0.39, 0.29) is 30.5 Å². The molecule has 194 valence electrons. The van der Waals surface area contributed by atoms with E-state index in [1.165, 1.54) is 6.07 Å². The Morgan fingerprint density at radius 3 is 2.58 bits per heavy atom. The summed E-state index contributed by atoms with van der Waals surface area (Å²) in [4.78, 5) is 40.3. The average Bonchev–Trinajstić information content (AvgIpc) is 3.29. The second kappa shape index (κ2) is 12.1. The van der Waals surface area contributed by atoms with Crippen LogP contribution in [0.1, 0.15) is 51.2 Å². The van der Waals surface area contributed by atoms with Crippen LogP contribution in [0.4, 0.5) is 4.79 Å². The molecule has 0 bridgehead atoms. The quantitative estimate of drug-likeness (QED) is 0.489. The molecule has 0 spiro atoms. The number of hydrogen-bond donors (Lipinski definition) is 3. The first kappa shape index (κ1) is 27.3. The number of amides is 3. The van der Waals surface area contributed by atoms with E-state index in [4.69, 9.17) is 16.3 Å². The van der Waals surface area contributed by atoms with Gasteiger partial charge in [-0.15, -0.1) is 0 Å². The number of aromatic hydroxyl groups is 1. The Bertz CT molecular complexity index is 1070. The van der Waals surface area contributed by atoms with Crippen LogP contribution in [0, 0.1) is 0 Å². The molecule has 2 aromatic rings. The molecular formula is C27H34ClN3O5. The Hall–Kier alpha value is -3.26. The minimum atomic E-state index is -0.666. The molecule has 1 aliphatic rings. The average molecular weight is 516 g/mol. The summed E-state index contributed by atoms with van der Waals surface area (Å²) in [6.45, 7) is 5.89. The molecule has 8 nitrogen and oxygen atoms in total. The fourth-order valence-electron chi connectivity index (χ4n) is 4.21. The van der Waals surface area contributed by atoms with Crippen LogP contribution < -0.4 is 10.6 Å². The molecule has 3 rings (SSSR count). The summed E-state index contributed by atoms with van der Waals surface area (Å²) < 4.78 is 5.40. The van der Waals surface area contributed by atoms with Crippen molar-refractivity contribution in [2.24, 2.45) is 0 Å². The van der Waals surface area contributed by atoms with Crippen molar-refractivity contribution in [3.63, 3.8) is 0 Å². The van der Waals surface area contributed by atoms with Gasteiger partial charge in [-0.3, -0.25) is 9.59 Å². The minimum absolute atomic E-state index is 0.0347. The first-order chi connectivity index (χ1) is 17.0. The largest absolute Gasteiger partial charge is 0.508 e. The molecule has 1 heterocycles. The molecule has 0 aromatic heterocycles. The Labute approximate surface area is 217 Å². The lowest BCUT2D eigenvalue weighted by atomic mass is 10.0. The van der Waals surface area contributed by atoms with Crippen molar-refractivity contribution < 1.29 is 24.2 Å². The predicted octanol–water partition coefficient (Wildman–Crippen LogP) is 4.18. The lowest BCUT2D eigenvalue weighted by Gasteiger charge is -2.27. The highest BCUT2D eigenvalue weighted by molar-refractivity contribution is 6.30. The topological polar surface area (TPSA) is 108 Å². The van der Waals surface area contributed by atoms with Crippen LogP contribution in [0.3, 0.4) is 0 Å². The molecule has 3 amide bonds. The van der Waals surface area contributed by atoms with E-state index in [9.17, 15) is 19.5 Å². The van der Waals surface area contributed by atoms with E-state index in [0.717, 1.165) is 5.56 Å². The Kier molecular flexibility index (Phi) is 9.20. The zero-order chi connectivity index (χ0) is 26.3. The monoisotopic (exact) mass is 515 g/mol. The molecule has 0 saturated carbocycles. The van der Waals surface area contributed by atoms with Crippen LogP contribution in [0.5, 0.6) is 5.75 Å². The number of benzene rings is 2. The molecular weight excluding hydrogens is 482 g/mol. The van der Waals surface area contributed by atoms with Gasteiger partial charge in [-0.25, -0.2) is 4.79 Å². The van der Waals surface area contributed by atoms with Crippen molar-refractivity contribution in [2.75, 3.05) is 6.54 Å². The number of carbonyl (C=O) groups is 3. The van der Waals surface area contributed by atoms with E-state index in [1.54, 1.807) is 37.8 Å². The van der Waals surface area contributed by atoms with Gasteiger partial charge in [-0.1, -0.05) is 41.9 Å². The molecule has 2 atom stereocenters. The van der Waals surface area contributed by atoms with Crippen LogP contribution in [0.25, 0.3) is 0 Å². The molecule has 0 radical (unpaired) electrons. The molecule has 1 saturated heterocycles. The zero-order valence-corrected chi connectivity index (χ0v) is 21.7. The maximum Gasteiger partial charge on any atom is 0.407 e. The molecule has 2 aromatic carbocycles. The van der Waals surface area contributed by atoms with E-state index >= 15 is 0 Å². The van der Waals surface area contributed by atoms with E-state index in [1.807, 2.05) is 30.3 Å². The molecule has 1 fully saturated rings. The van der Waals surface area contributed by atoms with Crippen molar-refractivity contribution in [2.45, 2.75) is 70.7 Å². The normalized spacial score (nSPS) is 16.3. The maximum absolute atomic E-state index is 13.3. The van der Waals surface area contributed by atoms with Gasteiger partial charge in [0.25, 0.3) is 0 Å². The number of likely N-dealkylation sites (tertiary alicyclic amines) is 1. The number of rotatable bonds is 8. The van der Waals surface area contributed by atoms with Gasteiger partial charge < -0.3 is 25.4 Å². The second-order valence-electron chi connectivity index (χ2n) is 9.97. The molecule has 0 unspecified atom stereocenters. The minimum Gasteiger partial charge on any atom is -0.508 e. The fraction of sp³-hybridized carbons (Fsp3) is 0.444. The van der Waals surface area contributed by atoms with Gasteiger partial charge in [0.2, 0.25) is 11.8 Å². The summed E-state index contributed by atoms with van der Waals surface area (Å²) in [5, 5.41) is 16.1. The summed E-state index contributed by atoms with van der Waals surface area (Å²) in [5.41, 5.74) is 0.806. The summed E-state index contributed by atoms with van der Waals surface area (Å²) >= 11 is 5.99. The second-order valence-corrected chi connectivity index (χ2v) is 10.4. The van der Waals surface area contributed by atoms with Crippen molar-refractivity contribution in [3.05, 3.63) is 64.7 Å². The molecule has 9 heteroatoms. The van der Waals surface area contributed by atoms with Crippen LogP contribution in [-0.4, -0.2) is 52.1 Å². The smallest absolute Gasteiger partial charge is 0.407 e. The third-order valence-corrected chi connectivity index (χ3v) is 6.07. The van der Waals surface area contributed by atoms with Crippen LogP contribution in [-0.2, 0) is 27.3 Å². The van der Waals surface area contributed by atoms with Crippen LogP contribution in [0.15, 0.2) is 48.5 Å². The van der Waals surface area contributed by atoms with Crippen molar-refractivity contribution in [1.29, 1.82) is 0 Å². The van der Waals surface area contributed by atoms with Crippen molar-refractivity contribution >= 4 is 29.5 Å². The van der Waals surface area contributed by atoms with Gasteiger partial charge in [0.1, 0.15) is 17.4 Å². The number of hydrogen-bond acceptors (Lipinski definition) is 5. The maximum atomic E-state index is 13.3. The number of nitrogens with one attached hydrogen (secondary N) is 2. The summed E-state index contributed by atoms with van der Waals surface area (Å²) in [6, 6.07) is 13.1. The molecule has 0 aliphatic carbocycles. The fourth-order valence-corrected chi connectivity index (χ4v) is 4.40. The number of phenols is 1. The first-order valence-corrected chi connectivity index (χ1v) is 12.5. The van der Waals surface area contributed by atoms with Crippen LogP contribution in [0.2, 0.25) is 5.02 Å². The van der Waals surface area contributed by atoms with Crippen LogP contribution >= 0.6 is 11.6 Å². The lowest BCUT2D eigenvalue weighted by Crippen LogP contribution is -2.48. The first-order valence-electron chi connectivity index (χ1n) is 12.1. The highest BCUT2D eigenvalue weighted by Gasteiger charge is 2.35. The predicted molar refractivity (Wildman–Crippen MR) is 138 cm³/mol. The van der Waals surface area contributed by atoms with Gasteiger partial charge in [0.15, 0.2) is 0 Å². The number of carbonyl (C=O) groups excluding carboxylic acids is 3.